The number of thiophene rings is 1. The molecule has 4 heteroatoms. The van der Waals surface area contributed by atoms with Crippen molar-refractivity contribution in [1.29, 1.82) is 0 Å². The van der Waals surface area contributed by atoms with Crippen LogP contribution in [0.5, 0.6) is 0 Å². The van der Waals surface area contributed by atoms with Crippen molar-refractivity contribution in [3.63, 3.8) is 0 Å². The molecule has 0 saturated carbocycles. The first kappa shape index (κ1) is 15.2. The van der Waals surface area contributed by atoms with E-state index in [1.807, 2.05) is 18.2 Å². The molecule has 2 rings (SSSR count). The van der Waals surface area contributed by atoms with Crippen LogP contribution in [0.4, 0.5) is 0 Å². The zero-order chi connectivity index (χ0) is 14.2. The van der Waals surface area contributed by atoms with Crippen molar-refractivity contribution in [2.75, 3.05) is 0 Å². The van der Waals surface area contributed by atoms with Crippen LogP contribution in [0, 0.1) is 0 Å². The van der Waals surface area contributed by atoms with E-state index >= 15 is 0 Å². The van der Waals surface area contributed by atoms with Crippen LogP contribution >= 0.6 is 43.2 Å². The van der Waals surface area contributed by atoms with Gasteiger partial charge in [0.2, 0.25) is 0 Å². The fourth-order valence-corrected chi connectivity index (χ4v) is 3.93. The van der Waals surface area contributed by atoms with E-state index in [4.69, 9.17) is 0 Å². The first-order valence-electron chi connectivity index (χ1n) is 6.02. The van der Waals surface area contributed by atoms with Crippen LogP contribution in [0.1, 0.15) is 42.9 Å². The maximum atomic E-state index is 10.4. The largest absolute Gasteiger partial charge is 0.383 e. The number of hydrogen-bond donors (Lipinski definition) is 1. The molecule has 0 fully saturated rings. The van der Waals surface area contributed by atoms with Crippen LogP contribution in [-0.4, -0.2) is 5.11 Å². The zero-order valence-corrected chi connectivity index (χ0v) is 15.1. The molecule has 1 aromatic carbocycles. The minimum atomic E-state index is -0.568. The molecule has 1 N–H and O–H groups in total. The lowest BCUT2D eigenvalue weighted by atomic mass is 9.86. The summed E-state index contributed by atoms with van der Waals surface area (Å²) in [4.78, 5) is 0.933. The molecule has 19 heavy (non-hydrogen) atoms. The number of hydrogen-bond acceptors (Lipinski definition) is 2. The normalized spacial score (nSPS) is 13.6. The first-order valence-corrected chi connectivity index (χ1v) is 8.42. The molecule has 0 spiro atoms. The second-order valence-corrected chi connectivity index (χ2v) is 8.80. The molecular weight excluding hydrogens is 388 g/mol. The van der Waals surface area contributed by atoms with Gasteiger partial charge in [0, 0.05) is 9.35 Å². The van der Waals surface area contributed by atoms with Crippen LogP contribution in [0.25, 0.3) is 0 Å². The van der Waals surface area contributed by atoms with E-state index in [1.54, 1.807) is 11.3 Å². The van der Waals surface area contributed by atoms with E-state index < -0.39 is 6.10 Å². The summed E-state index contributed by atoms with van der Waals surface area (Å²) in [5.74, 6) is 0. The smallest absolute Gasteiger partial charge is 0.113 e. The lowest BCUT2D eigenvalue weighted by Gasteiger charge is -2.19. The van der Waals surface area contributed by atoms with Gasteiger partial charge in [-0.2, -0.15) is 0 Å². The number of halogens is 2. The zero-order valence-electron chi connectivity index (χ0n) is 11.1. The monoisotopic (exact) mass is 402 g/mol. The van der Waals surface area contributed by atoms with Gasteiger partial charge in [0.05, 0.1) is 3.79 Å². The highest BCUT2D eigenvalue weighted by Crippen LogP contribution is 2.37. The van der Waals surface area contributed by atoms with Crippen molar-refractivity contribution >= 4 is 43.2 Å². The van der Waals surface area contributed by atoms with Crippen molar-refractivity contribution in [2.45, 2.75) is 32.3 Å². The second kappa shape index (κ2) is 5.68. The van der Waals surface area contributed by atoms with Crippen LogP contribution < -0.4 is 0 Å². The molecule has 102 valence electrons. The molecule has 0 amide bonds. The van der Waals surface area contributed by atoms with Crippen molar-refractivity contribution in [3.8, 4) is 0 Å². The Bertz CT molecular complexity index is 547. The predicted octanol–water partition coefficient (Wildman–Crippen LogP) is 5.65. The van der Waals surface area contributed by atoms with E-state index in [1.165, 1.54) is 5.56 Å². The third-order valence-electron chi connectivity index (χ3n) is 3.03. The highest BCUT2D eigenvalue weighted by molar-refractivity contribution is 9.13. The minimum absolute atomic E-state index is 0.137. The summed E-state index contributed by atoms with van der Waals surface area (Å²) < 4.78 is 1.99. The van der Waals surface area contributed by atoms with Gasteiger partial charge in [-0.3, -0.25) is 0 Å². The molecule has 1 nitrogen and oxygen atoms in total. The number of aliphatic hydroxyl groups excluding tert-OH is 1. The average Bonchev–Trinajstić information content (AvgIpc) is 2.68. The van der Waals surface area contributed by atoms with E-state index in [9.17, 15) is 5.11 Å². The van der Waals surface area contributed by atoms with Gasteiger partial charge in [0.1, 0.15) is 6.10 Å². The fraction of sp³-hybridized carbons (Fsp3) is 0.333. The molecule has 0 aliphatic rings. The Balaban J connectivity index is 2.27. The van der Waals surface area contributed by atoms with Crippen LogP contribution in [0.15, 0.2) is 38.6 Å². The Kier molecular flexibility index (Phi) is 4.56. The Morgan fingerprint density at radius 1 is 1.11 bits per heavy atom. The standard InChI is InChI=1S/C15H16Br2OS/c1-15(2,3)10-6-4-9(5-7-10)13(18)12-8-11(16)14(17)19-12/h4-8,13,18H,1-3H3. The van der Waals surface area contributed by atoms with Gasteiger partial charge in [0.15, 0.2) is 0 Å². The maximum absolute atomic E-state index is 10.4. The first-order chi connectivity index (χ1) is 8.79. The number of benzene rings is 1. The van der Waals surface area contributed by atoms with E-state index in [0.29, 0.717) is 0 Å². The molecule has 1 aromatic heterocycles. The molecule has 0 aliphatic heterocycles. The van der Waals surface area contributed by atoms with Gasteiger partial charge >= 0.3 is 0 Å². The number of aliphatic hydroxyl groups is 1. The van der Waals surface area contributed by atoms with E-state index in [0.717, 1.165) is 18.7 Å². The molecule has 1 unspecified atom stereocenters. The van der Waals surface area contributed by atoms with Crippen LogP contribution in [0.3, 0.4) is 0 Å². The van der Waals surface area contributed by atoms with E-state index in [2.05, 4.69) is 64.8 Å². The van der Waals surface area contributed by atoms with Crippen molar-refractivity contribution in [1.82, 2.24) is 0 Å². The Morgan fingerprint density at radius 3 is 2.11 bits per heavy atom. The summed E-state index contributed by atoms with van der Waals surface area (Å²) in [6, 6.07) is 10.2. The average molecular weight is 404 g/mol. The Morgan fingerprint density at radius 2 is 1.68 bits per heavy atom. The second-order valence-electron chi connectivity index (χ2n) is 5.54. The van der Waals surface area contributed by atoms with Crippen molar-refractivity contribution in [3.05, 3.63) is 54.6 Å². The predicted molar refractivity (Wildman–Crippen MR) is 88.9 cm³/mol. The SMILES string of the molecule is CC(C)(C)c1ccc(C(O)c2cc(Br)c(Br)s2)cc1. The quantitative estimate of drug-likeness (QED) is 0.686. The lowest BCUT2D eigenvalue weighted by molar-refractivity contribution is 0.224. The van der Waals surface area contributed by atoms with Crippen LogP contribution in [-0.2, 0) is 5.41 Å². The van der Waals surface area contributed by atoms with Crippen LogP contribution in [0.2, 0.25) is 0 Å². The topological polar surface area (TPSA) is 20.2 Å². The molecule has 0 aliphatic carbocycles. The summed E-state index contributed by atoms with van der Waals surface area (Å²) >= 11 is 8.45. The summed E-state index contributed by atoms with van der Waals surface area (Å²) in [7, 11) is 0. The summed E-state index contributed by atoms with van der Waals surface area (Å²) in [5.41, 5.74) is 2.34. The van der Waals surface area contributed by atoms with Crippen molar-refractivity contribution < 1.29 is 5.11 Å². The molecule has 0 saturated heterocycles. The maximum Gasteiger partial charge on any atom is 0.113 e. The molecule has 1 heterocycles. The third kappa shape index (κ3) is 3.48. The summed E-state index contributed by atoms with van der Waals surface area (Å²) in [6.45, 7) is 6.56. The summed E-state index contributed by atoms with van der Waals surface area (Å²) in [6.07, 6.45) is -0.568. The van der Waals surface area contributed by atoms with Gasteiger partial charge in [-0.1, -0.05) is 45.0 Å². The van der Waals surface area contributed by atoms with Gasteiger partial charge in [0.25, 0.3) is 0 Å². The van der Waals surface area contributed by atoms with Crippen molar-refractivity contribution in [2.24, 2.45) is 0 Å². The minimum Gasteiger partial charge on any atom is -0.383 e. The van der Waals surface area contributed by atoms with Gasteiger partial charge in [-0.05, 0) is 54.5 Å². The van der Waals surface area contributed by atoms with E-state index in [-0.39, 0.29) is 5.41 Å². The number of rotatable bonds is 2. The molecule has 0 radical (unpaired) electrons. The van der Waals surface area contributed by atoms with Gasteiger partial charge in [-0.15, -0.1) is 11.3 Å². The van der Waals surface area contributed by atoms with Gasteiger partial charge < -0.3 is 5.11 Å². The molecule has 0 bridgehead atoms. The Labute approximate surface area is 134 Å². The third-order valence-corrected chi connectivity index (χ3v) is 6.33. The Hall–Kier alpha value is -0.160. The highest BCUT2D eigenvalue weighted by atomic mass is 79.9. The highest BCUT2D eigenvalue weighted by Gasteiger charge is 2.17. The fourth-order valence-electron chi connectivity index (χ4n) is 1.83. The summed E-state index contributed by atoms with van der Waals surface area (Å²) in [5, 5.41) is 10.4. The molecule has 1 atom stereocenters. The lowest BCUT2D eigenvalue weighted by Crippen LogP contribution is -2.11. The molecule has 2 aromatic rings. The van der Waals surface area contributed by atoms with Gasteiger partial charge in [-0.25, -0.2) is 0 Å². The molecular formula is C15H16Br2OS.